The van der Waals surface area contributed by atoms with Crippen molar-refractivity contribution in [2.75, 3.05) is 18.6 Å². The van der Waals surface area contributed by atoms with Crippen LogP contribution in [0.2, 0.25) is 0 Å². The van der Waals surface area contributed by atoms with Gasteiger partial charge < -0.3 is 20.0 Å². The van der Waals surface area contributed by atoms with E-state index in [1.807, 2.05) is 0 Å². The van der Waals surface area contributed by atoms with Crippen molar-refractivity contribution in [1.82, 2.24) is 15.0 Å². The highest BCUT2D eigenvalue weighted by molar-refractivity contribution is 5.78. The van der Waals surface area contributed by atoms with Crippen molar-refractivity contribution in [3.8, 4) is 5.75 Å². The molecule has 3 rings (SSSR count). The maximum atomic E-state index is 13.7. The number of rotatable bonds is 7. The van der Waals surface area contributed by atoms with Crippen LogP contribution in [0.25, 0.3) is 11.0 Å². The first kappa shape index (κ1) is 18.5. The molecule has 0 aliphatic carbocycles. The minimum atomic E-state index is -0.360. The quantitative estimate of drug-likeness (QED) is 0.625. The fourth-order valence-corrected chi connectivity index (χ4v) is 2.62. The van der Waals surface area contributed by atoms with Crippen molar-refractivity contribution in [1.29, 1.82) is 5.41 Å². The number of pyridine rings is 1. The molecule has 0 atom stereocenters. The molecule has 2 heterocycles. The molecule has 2 N–H and O–H groups in total. The van der Waals surface area contributed by atoms with Crippen LogP contribution in [0.4, 0.5) is 10.2 Å². The standard InChI is InChI=1S/C19H20FN5O2/c1-12(21)7-8-27-16-5-3-14(20)9-13(16)10-25(2)17-6-4-15-18(24-17)19(26)23-11-22-15/h3-6,9,11,21H,7-8,10H2,1-2H3,(H,22,23,26). The summed E-state index contributed by atoms with van der Waals surface area (Å²) in [6.07, 6.45) is 1.84. The van der Waals surface area contributed by atoms with Gasteiger partial charge >= 0.3 is 0 Å². The summed E-state index contributed by atoms with van der Waals surface area (Å²) >= 11 is 0. The second-order valence-corrected chi connectivity index (χ2v) is 6.26. The monoisotopic (exact) mass is 369 g/mol. The number of anilines is 1. The molecule has 8 heteroatoms. The van der Waals surface area contributed by atoms with E-state index in [1.54, 1.807) is 37.1 Å². The van der Waals surface area contributed by atoms with E-state index >= 15 is 0 Å². The maximum absolute atomic E-state index is 13.7. The number of hydrogen-bond acceptors (Lipinski definition) is 6. The molecule has 27 heavy (non-hydrogen) atoms. The van der Waals surface area contributed by atoms with E-state index in [0.29, 0.717) is 47.9 Å². The molecular formula is C19H20FN5O2. The molecule has 0 spiro atoms. The summed E-state index contributed by atoms with van der Waals surface area (Å²) in [5, 5.41) is 7.47. The molecule has 0 amide bonds. The molecule has 3 aromatic rings. The third kappa shape index (κ3) is 4.46. The number of nitrogens with zero attached hydrogens (tertiary/aromatic N) is 3. The van der Waals surface area contributed by atoms with Crippen LogP contribution in [0.15, 0.2) is 41.5 Å². The lowest BCUT2D eigenvalue weighted by Gasteiger charge is -2.20. The van der Waals surface area contributed by atoms with Gasteiger partial charge in [0.25, 0.3) is 5.56 Å². The second kappa shape index (κ2) is 7.94. The second-order valence-electron chi connectivity index (χ2n) is 6.26. The van der Waals surface area contributed by atoms with Crippen LogP contribution in [0.1, 0.15) is 18.9 Å². The number of fused-ring (bicyclic) bond motifs is 1. The number of nitrogens with one attached hydrogen (secondary N) is 2. The average molecular weight is 369 g/mol. The molecular weight excluding hydrogens is 349 g/mol. The highest BCUT2D eigenvalue weighted by Crippen LogP contribution is 2.24. The zero-order valence-electron chi connectivity index (χ0n) is 15.1. The zero-order chi connectivity index (χ0) is 19.4. The van der Waals surface area contributed by atoms with Crippen LogP contribution in [0, 0.1) is 11.2 Å². The minimum Gasteiger partial charge on any atom is -0.493 e. The van der Waals surface area contributed by atoms with Gasteiger partial charge in [-0.2, -0.15) is 0 Å². The summed E-state index contributed by atoms with van der Waals surface area (Å²) in [5.41, 5.74) is 1.62. The van der Waals surface area contributed by atoms with Gasteiger partial charge in [-0.15, -0.1) is 0 Å². The Hall–Kier alpha value is -3.29. The Morgan fingerprint density at radius 1 is 1.33 bits per heavy atom. The van der Waals surface area contributed by atoms with Crippen LogP contribution >= 0.6 is 0 Å². The van der Waals surface area contributed by atoms with Crippen molar-refractivity contribution < 1.29 is 9.13 Å². The highest BCUT2D eigenvalue weighted by Gasteiger charge is 2.12. The molecule has 140 valence electrons. The van der Waals surface area contributed by atoms with E-state index < -0.39 is 0 Å². The molecule has 0 saturated heterocycles. The van der Waals surface area contributed by atoms with Crippen molar-refractivity contribution in [2.24, 2.45) is 0 Å². The lowest BCUT2D eigenvalue weighted by Crippen LogP contribution is -2.20. The molecule has 1 aromatic carbocycles. The van der Waals surface area contributed by atoms with Crippen LogP contribution in [0.3, 0.4) is 0 Å². The Kier molecular flexibility index (Phi) is 5.44. The number of benzene rings is 1. The number of aromatic amines is 1. The molecule has 0 aliphatic rings. The molecule has 2 aromatic heterocycles. The lowest BCUT2D eigenvalue weighted by molar-refractivity contribution is 0.324. The third-order valence-electron chi connectivity index (χ3n) is 4.03. The zero-order valence-corrected chi connectivity index (χ0v) is 15.1. The number of hydrogen-bond donors (Lipinski definition) is 2. The Labute approximate surface area is 155 Å². The predicted molar refractivity (Wildman–Crippen MR) is 102 cm³/mol. The number of halogens is 1. The van der Waals surface area contributed by atoms with Gasteiger partial charge in [0.2, 0.25) is 0 Å². The van der Waals surface area contributed by atoms with Crippen LogP contribution in [0.5, 0.6) is 5.75 Å². The SMILES string of the molecule is CC(=N)CCOc1ccc(F)cc1CN(C)c1ccc2nc[nH]c(=O)c2n1. The normalized spacial score (nSPS) is 10.8. The molecule has 0 aliphatic heterocycles. The van der Waals surface area contributed by atoms with Crippen molar-refractivity contribution in [2.45, 2.75) is 19.9 Å². The van der Waals surface area contributed by atoms with E-state index in [4.69, 9.17) is 10.1 Å². The van der Waals surface area contributed by atoms with Gasteiger partial charge in [-0.25, -0.2) is 14.4 Å². The van der Waals surface area contributed by atoms with Crippen molar-refractivity contribution in [3.63, 3.8) is 0 Å². The maximum Gasteiger partial charge on any atom is 0.277 e. The summed E-state index contributed by atoms with van der Waals surface area (Å²) in [5.74, 6) is 0.762. The molecule has 7 nitrogen and oxygen atoms in total. The summed E-state index contributed by atoms with van der Waals surface area (Å²) in [6.45, 7) is 2.41. The van der Waals surface area contributed by atoms with E-state index in [0.717, 1.165) is 0 Å². The van der Waals surface area contributed by atoms with Gasteiger partial charge in [0.1, 0.15) is 17.4 Å². The summed E-state index contributed by atoms with van der Waals surface area (Å²) in [6, 6.07) is 7.82. The summed E-state index contributed by atoms with van der Waals surface area (Å²) < 4.78 is 19.4. The Bertz CT molecular complexity index is 1030. The van der Waals surface area contributed by atoms with Gasteiger partial charge in [0, 0.05) is 31.3 Å². The van der Waals surface area contributed by atoms with Gasteiger partial charge in [0.05, 0.1) is 18.5 Å². The van der Waals surface area contributed by atoms with Crippen LogP contribution in [-0.2, 0) is 6.54 Å². The highest BCUT2D eigenvalue weighted by atomic mass is 19.1. The van der Waals surface area contributed by atoms with E-state index in [9.17, 15) is 9.18 Å². The van der Waals surface area contributed by atoms with E-state index in [1.165, 1.54) is 18.5 Å². The Morgan fingerprint density at radius 3 is 2.93 bits per heavy atom. The number of ether oxygens (including phenoxy) is 1. The Morgan fingerprint density at radius 2 is 2.15 bits per heavy atom. The molecule has 0 saturated carbocycles. The molecule has 0 fully saturated rings. The predicted octanol–water partition coefficient (Wildman–Crippen LogP) is 2.90. The van der Waals surface area contributed by atoms with Gasteiger partial charge in [-0.3, -0.25) is 4.79 Å². The van der Waals surface area contributed by atoms with Crippen molar-refractivity contribution in [3.05, 3.63) is 58.4 Å². The topological polar surface area (TPSA) is 95.0 Å². The molecule has 0 radical (unpaired) electrons. The third-order valence-corrected chi connectivity index (χ3v) is 4.03. The first-order chi connectivity index (χ1) is 12.9. The Balaban J connectivity index is 1.84. The van der Waals surface area contributed by atoms with Crippen LogP contribution < -0.4 is 15.2 Å². The van der Waals surface area contributed by atoms with Gasteiger partial charge in [0.15, 0.2) is 5.52 Å². The lowest BCUT2D eigenvalue weighted by atomic mass is 10.1. The van der Waals surface area contributed by atoms with E-state index in [2.05, 4.69) is 15.0 Å². The van der Waals surface area contributed by atoms with Gasteiger partial charge in [-0.1, -0.05) is 0 Å². The first-order valence-electron chi connectivity index (χ1n) is 8.45. The number of aromatic nitrogens is 3. The van der Waals surface area contributed by atoms with Gasteiger partial charge in [-0.05, 0) is 37.3 Å². The smallest absolute Gasteiger partial charge is 0.277 e. The first-order valence-corrected chi connectivity index (χ1v) is 8.45. The summed E-state index contributed by atoms with van der Waals surface area (Å²) in [7, 11) is 1.80. The van der Waals surface area contributed by atoms with Crippen LogP contribution in [-0.4, -0.2) is 34.3 Å². The largest absolute Gasteiger partial charge is 0.493 e. The van der Waals surface area contributed by atoms with E-state index in [-0.39, 0.29) is 16.9 Å². The molecule has 0 unspecified atom stereocenters. The number of H-pyrrole nitrogens is 1. The fraction of sp³-hybridized carbons (Fsp3) is 0.263. The summed E-state index contributed by atoms with van der Waals surface area (Å²) in [4.78, 5) is 24.7. The minimum absolute atomic E-state index is 0.249. The fourth-order valence-electron chi connectivity index (χ4n) is 2.62. The molecule has 0 bridgehead atoms. The van der Waals surface area contributed by atoms with Crippen molar-refractivity contribution >= 4 is 22.6 Å². The average Bonchev–Trinajstić information content (AvgIpc) is 2.63.